The van der Waals surface area contributed by atoms with Crippen molar-refractivity contribution in [3.8, 4) is 0 Å². The van der Waals surface area contributed by atoms with Crippen LogP contribution in [-0.2, 0) is 9.84 Å². The number of nitrogens with zero attached hydrogens (tertiary/aromatic N) is 4. The minimum Gasteiger partial charge on any atom is -0.363 e. The topological polar surface area (TPSA) is 88.1 Å². The maximum absolute atomic E-state index is 14.7. The lowest BCUT2D eigenvalue weighted by Gasteiger charge is -2.29. The average molecular weight is 508 g/mol. The number of pyridine rings is 1. The molecule has 1 aliphatic heterocycles. The summed E-state index contributed by atoms with van der Waals surface area (Å²) >= 11 is 0. The Kier molecular flexibility index (Phi) is 7.01. The Morgan fingerprint density at radius 1 is 1.09 bits per heavy atom. The van der Waals surface area contributed by atoms with Crippen LogP contribution in [0.25, 0.3) is 11.0 Å². The number of halogens is 3. The van der Waals surface area contributed by atoms with Crippen molar-refractivity contribution in [1.82, 2.24) is 19.9 Å². The molecule has 0 spiro atoms. The Balaban J connectivity index is 1.76. The third kappa shape index (κ3) is 4.97. The van der Waals surface area contributed by atoms with Crippen LogP contribution in [0.5, 0.6) is 0 Å². The normalized spacial score (nSPS) is 16.7. The molecule has 1 saturated heterocycles. The maximum Gasteiger partial charge on any atom is 0.266 e. The molecule has 0 amide bonds. The fourth-order valence-electron chi connectivity index (χ4n) is 4.46. The molecule has 3 aromatic rings. The van der Waals surface area contributed by atoms with Crippen LogP contribution in [0.1, 0.15) is 54.9 Å². The number of sulfone groups is 1. The standard InChI is InChI=1S/C24H28F3N5O2S/c1-13(17-6-5-7-18(21(17)25)22(26)27)28-23-19-12-20(14(2)29-24(19)31-15(3)30-23)35(33,34)16-8-10-32(4)11-9-16/h5-7,12-13,16,22H,8-11H2,1-4H3,(H,28,29,30,31)/t13-/m1/s1. The van der Waals surface area contributed by atoms with E-state index in [4.69, 9.17) is 0 Å². The summed E-state index contributed by atoms with van der Waals surface area (Å²) in [5.41, 5.74) is 0.0215. The fourth-order valence-corrected chi connectivity index (χ4v) is 6.39. The van der Waals surface area contributed by atoms with Crippen molar-refractivity contribution in [3.05, 3.63) is 52.7 Å². The molecule has 0 unspecified atom stereocenters. The molecule has 1 fully saturated rings. The largest absolute Gasteiger partial charge is 0.363 e. The summed E-state index contributed by atoms with van der Waals surface area (Å²) in [6.07, 6.45) is -1.88. The second-order valence-corrected chi connectivity index (χ2v) is 11.2. The van der Waals surface area contributed by atoms with Crippen LogP contribution in [0.2, 0.25) is 0 Å². The number of anilines is 1. The van der Waals surface area contributed by atoms with E-state index in [9.17, 15) is 21.6 Å². The number of aryl methyl sites for hydroxylation is 2. The lowest BCUT2D eigenvalue weighted by molar-refractivity contribution is 0.146. The van der Waals surface area contributed by atoms with E-state index in [1.54, 1.807) is 20.8 Å². The molecule has 0 bridgehead atoms. The van der Waals surface area contributed by atoms with Gasteiger partial charge in [0.15, 0.2) is 15.5 Å². The van der Waals surface area contributed by atoms with E-state index in [0.717, 1.165) is 6.07 Å². The van der Waals surface area contributed by atoms with E-state index in [1.807, 2.05) is 7.05 Å². The molecule has 7 nitrogen and oxygen atoms in total. The lowest BCUT2D eigenvalue weighted by Crippen LogP contribution is -2.37. The van der Waals surface area contributed by atoms with Crippen molar-refractivity contribution in [2.75, 3.05) is 25.5 Å². The number of alkyl halides is 2. The average Bonchev–Trinajstić information content (AvgIpc) is 2.78. The summed E-state index contributed by atoms with van der Waals surface area (Å²) in [5.74, 6) is -0.349. The molecule has 11 heteroatoms. The number of nitrogens with one attached hydrogen (secondary N) is 1. The molecule has 35 heavy (non-hydrogen) atoms. The van der Waals surface area contributed by atoms with Crippen molar-refractivity contribution in [2.45, 2.75) is 56.2 Å². The van der Waals surface area contributed by atoms with Crippen LogP contribution in [0, 0.1) is 19.7 Å². The van der Waals surface area contributed by atoms with Gasteiger partial charge in [0, 0.05) is 5.56 Å². The highest BCUT2D eigenvalue weighted by Gasteiger charge is 2.32. The molecule has 1 atom stereocenters. The second-order valence-electron chi connectivity index (χ2n) is 9.03. The number of benzene rings is 1. The van der Waals surface area contributed by atoms with Gasteiger partial charge >= 0.3 is 0 Å². The Morgan fingerprint density at radius 2 is 1.74 bits per heavy atom. The smallest absolute Gasteiger partial charge is 0.266 e. The molecule has 2 aromatic heterocycles. The zero-order chi connectivity index (χ0) is 25.5. The van der Waals surface area contributed by atoms with Gasteiger partial charge in [0.1, 0.15) is 17.5 Å². The van der Waals surface area contributed by atoms with Gasteiger partial charge in [-0.25, -0.2) is 36.5 Å². The van der Waals surface area contributed by atoms with Crippen LogP contribution >= 0.6 is 0 Å². The van der Waals surface area contributed by atoms with E-state index in [-0.39, 0.29) is 16.3 Å². The predicted molar refractivity (Wildman–Crippen MR) is 128 cm³/mol. The van der Waals surface area contributed by atoms with Crippen molar-refractivity contribution in [2.24, 2.45) is 0 Å². The van der Waals surface area contributed by atoms with Gasteiger partial charge in [0.25, 0.3) is 6.43 Å². The van der Waals surface area contributed by atoms with E-state index >= 15 is 0 Å². The van der Waals surface area contributed by atoms with Gasteiger partial charge in [-0.05, 0) is 59.8 Å². The monoisotopic (exact) mass is 507 g/mol. The Bertz CT molecular complexity index is 1360. The first-order valence-electron chi connectivity index (χ1n) is 11.4. The quantitative estimate of drug-likeness (QED) is 0.515. The molecule has 188 valence electrons. The summed E-state index contributed by atoms with van der Waals surface area (Å²) in [5, 5.41) is 2.91. The Morgan fingerprint density at radius 3 is 2.40 bits per heavy atom. The number of hydrogen-bond acceptors (Lipinski definition) is 7. The van der Waals surface area contributed by atoms with E-state index in [1.165, 1.54) is 18.2 Å². The lowest BCUT2D eigenvalue weighted by atomic mass is 10.0. The van der Waals surface area contributed by atoms with E-state index < -0.39 is 38.9 Å². The van der Waals surface area contributed by atoms with Crippen molar-refractivity contribution in [1.29, 1.82) is 0 Å². The number of fused-ring (bicyclic) bond motifs is 1. The van der Waals surface area contributed by atoms with Gasteiger partial charge in [-0.2, -0.15) is 0 Å². The van der Waals surface area contributed by atoms with Gasteiger partial charge < -0.3 is 10.2 Å². The number of likely N-dealkylation sites (tertiary alicyclic amines) is 1. The van der Waals surface area contributed by atoms with Gasteiger partial charge in [-0.15, -0.1) is 0 Å². The van der Waals surface area contributed by atoms with Crippen LogP contribution in [0.15, 0.2) is 29.2 Å². The van der Waals surface area contributed by atoms with Crippen LogP contribution < -0.4 is 5.32 Å². The molecule has 0 aliphatic carbocycles. The zero-order valence-corrected chi connectivity index (χ0v) is 20.8. The molecule has 3 heterocycles. The van der Waals surface area contributed by atoms with Crippen LogP contribution in [-0.4, -0.2) is 53.7 Å². The fraction of sp³-hybridized carbons (Fsp3) is 0.458. The third-order valence-electron chi connectivity index (χ3n) is 6.47. The Hall–Kier alpha value is -2.79. The SMILES string of the molecule is Cc1nc(N[C@H](C)c2cccc(C(F)F)c2F)c2cc(S(=O)(=O)C3CCN(C)CC3)c(C)nc2n1. The predicted octanol–water partition coefficient (Wildman–Crippen LogP) is 4.76. The van der Waals surface area contributed by atoms with Crippen molar-refractivity contribution >= 4 is 26.7 Å². The van der Waals surface area contributed by atoms with Crippen LogP contribution in [0.4, 0.5) is 19.0 Å². The van der Waals surface area contributed by atoms with Gasteiger partial charge in [0.05, 0.1) is 32.8 Å². The summed E-state index contributed by atoms with van der Waals surface area (Å²) in [6, 6.07) is 4.63. The number of piperidine rings is 1. The van der Waals surface area contributed by atoms with E-state index in [0.29, 0.717) is 48.5 Å². The van der Waals surface area contributed by atoms with E-state index in [2.05, 4.69) is 25.2 Å². The highest BCUT2D eigenvalue weighted by Crippen LogP contribution is 2.33. The van der Waals surface area contributed by atoms with Crippen molar-refractivity contribution in [3.63, 3.8) is 0 Å². The number of rotatable bonds is 6. The zero-order valence-electron chi connectivity index (χ0n) is 20.0. The molecule has 1 aromatic carbocycles. The first-order chi connectivity index (χ1) is 16.5. The minimum absolute atomic E-state index is 0.0476. The summed E-state index contributed by atoms with van der Waals surface area (Å²) in [7, 11) is -1.69. The summed E-state index contributed by atoms with van der Waals surface area (Å²) in [4.78, 5) is 15.4. The molecule has 0 radical (unpaired) electrons. The highest BCUT2D eigenvalue weighted by molar-refractivity contribution is 7.92. The summed E-state index contributed by atoms with van der Waals surface area (Å²) < 4.78 is 68.1. The molecular weight excluding hydrogens is 479 g/mol. The molecular formula is C24H28F3N5O2S. The summed E-state index contributed by atoms with van der Waals surface area (Å²) in [6.45, 7) is 6.31. The number of hydrogen-bond donors (Lipinski definition) is 1. The number of aromatic nitrogens is 3. The van der Waals surface area contributed by atoms with Gasteiger partial charge in [-0.1, -0.05) is 18.2 Å². The van der Waals surface area contributed by atoms with Crippen LogP contribution in [0.3, 0.4) is 0 Å². The first kappa shape index (κ1) is 25.3. The highest BCUT2D eigenvalue weighted by atomic mass is 32.2. The second kappa shape index (κ2) is 9.69. The molecule has 1 aliphatic rings. The molecule has 0 saturated carbocycles. The third-order valence-corrected chi connectivity index (χ3v) is 8.84. The van der Waals surface area contributed by atoms with Crippen molar-refractivity contribution < 1.29 is 21.6 Å². The molecule has 4 rings (SSSR count). The van der Waals surface area contributed by atoms with Gasteiger partial charge in [0.2, 0.25) is 0 Å². The molecule has 1 N–H and O–H groups in total. The minimum atomic E-state index is -3.65. The Labute approximate surface area is 202 Å². The maximum atomic E-state index is 14.7. The van der Waals surface area contributed by atoms with Gasteiger partial charge in [-0.3, -0.25) is 0 Å². The first-order valence-corrected chi connectivity index (χ1v) is 12.9.